The standard InChI is InChI=1S/C12H22N4O3S/c1-20(18,19)15-7-3-2-6-11(14)12(17)16-8-4-5-10(16)9-13/h10-11,15H,2-8,14H2,1H3. The van der Waals surface area contributed by atoms with Gasteiger partial charge in [-0.05, 0) is 25.7 Å². The van der Waals surface area contributed by atoms with E-state index in [-0.39, 0.29) is 11.9 Å². The van der Waals surface area contributed by atoms with Gasteiger partial charge in [0.05, 0.1) is 18.4 Å². The van der Waals surface area contributed by atoms with E-state index < -0.39 is 16.1 Å². The molecule has 0 spiro atoms. The highest BCUT2D eigenvalue weighted by molar-refractivity contribution is 7.88. The molecule has 0 saturated carbocycles. The average molecular weight is 302 g/mol. The molecule has 3 N–H and O–H groups in total. The van der Waals surface area contributed by atoms with Crippen LogP contribution in [0.1, 0.15) is 32.1 Å². The summed E-state index contributed by atoms with van der Waals surface area (Å²) >= 11 is 0. The number of sulfonamides is 1. The maximum Gasteiger partial charge on any atom is 0.240 e. The number of hydrogen-bond acceptors (Lipinski definition) is 5. The summed E-state index contributed by atoms with van der Waals surface area (Å²) in [6, 6.07) is 1.16. The van der Waals surface area contributed by atoms with Gasteiger partial charge in [0.15, 0.2) is 0 Å². The van der Waals surface area contributed by atoms with Crippen LogP contribution >= 0.6 is 0 Å². The van der Waals surface area contributed by atoms with Crippen LogP contribution in [0.3, 0.4) is 0 Å². The van der Waals surface area contributed by atoms with Crippen LogP contribution in [0, 0.1) is 11.3 Å². The van der Waals surface area contributed by atoms with E-state index in [4.69, 9.17) is 11.0 Å². The molecule has 7 nitrogen and oxygen atoms in total. The van der Waals surface area contributed by atoms with E-state index >= 15 is 0 Å². The van der Waals surface area contributed by atoms with E-state index in [1.165, 1.54) is 0 Å². The molecule has 8 heteroatoms. The predicted octanol–water partition coefficient (Wildman–Crippen LogP) is -0.452. The average Bonchev–Trinajstić information content (AvgIpc) is 2.84. The van der Waals surface area contributed by atoms with E-state index in [2.05, 4.69) is 10.8 Å². The van der Waals surface area contributed by atoms with Crippen LogP contribution < -0.4 is 10.5 Å². The molecule has 0 aliphatic carbocycles. The van der Waals surface area contributed by atoms with Gasteiger partial charge in [-0.15, -0.1) is 0 Å². The van der Waals surface area contributed by atoms with Gasteiger partial charge in [-0.2, -0.15) is 5.26 Å². The zero-order valence-corrected chi connectivity index (χ0v) is 12.5. The van der Waals surface area contributed by atoms with Crippen LogP contribution in [0.25, 0.3) is 0 Å². The van der Waals surface area contributed by atoms with E-state index in [1.807, 2.05) is 0 Å². The van der Waals surface area contributed by atoms with Crippen molar-refractivity contribution >= 4 is 15.9 Å². The second kappa shape index (κ2) is 7.57. The summed E-state index contributed by atoms with van der Waals surface area (Å²) in [6.45, 7) is 0.949. The quantitative estimate of drug-likeness (QED) is 0.618. The molecule has 1 heterocycles. The minimum absolute atomic E-state index is 0.176. The molecule has 1 aliphatic rings. The lowest BCUT2D eigenvalue weighted by atomic mass is 10.1. The number of nitrogens with zero attached hydrogens (tertiary/aromatic N) is 2. The Kier molecular flexibility index (Phi) is 6.39. The van der Waals surface area contributed by atoms with E-state index in [9.17, 15) is 13.2 Å². The molecule has 1 rings (SSSR count). The monoisotopic (exact) mass is 302 g/mol. The highest BCUT2D eigenvalue weighted by atomic mass is 32.2. The Morgan fingerprint density at radius 1 is 1.55 bits per heavy atom. The summed E-state index contributed by atoms with van der Waals surface area (Å²) in [6.07, 6.45) is 4.47. The maximum atomic E-state index is 12.1. The van der Waals surface area contributed by atoms with Crippen molar-refractivity contribution in [1.29, 1.82) is 5.26 Å². The van der Waals surface area contributed by atoms with Gasteiger partial charge in [0.25, 0.3) is 0 Å². The first-order valence-corrected chi connectivity index (χ1v) is 8.64. The molecular weight excluding hydrogens is 280 g/mol. The Labute approximate surface area is 120 Å². The number of amides is 1. The summed E-state index contributed by atoms with van der Waals surface area (Å²) in [5, 5.41) is 8.94. The number of likely N-dealkylation sites (tertiary alicyclic amines) is 1. The lowest BCUT2D eigenvalue weighted by molar-refractivity contribution is -0.132. The van der Waals surface area contributed by atoms with Crippen molar-refractivity contribution in [3.63, 3.8) is 0 Å². The molecule has 1 amide bonds. The minimum atomic E-state index is -3.16. The van der Waals surface area contributed by atoms with E-state index in [1.54, 1.807) is 4.90 Å². The third-order valence-electron chi connectivity index (χ3n) is 3.31. The first-order valence-electron chi connectivity index (χ1n) is 6.75. The van der Waals surface area contributed by atoms with Crippen molar-refractivity contribution in [2.24, 2.45) is 5.73 Å². The number of nitriles is 1. The summed E-state index contributed by atoms with van der Waals surface area (Å²) in [5.74, 6) is -0.176. The number of rotatable bonds is 7. The number of nitrogens with one attached hydrogen (secondary N) is 1. The molecule has 0 bridgehead atoms. The lowest BCUT2D eigenvalue weighted by Gasteiger charge is -2.23. The summed E-state index contributed by atoms with van der Waals surface area (Å²) in [7, 11) is -3.16. The highest BCUT2D eigenvalue weighted by Gasteiger charge is 2.31. The second-order valence-electron chi connectivity index (χ2n) is 5.09. The Bertz CT molecular complexity index is 472. The van der Waals surface area contributed by atoms with Crippen LogP contribution in [-0.2, 0) is 14.8 Å². The largest absolute Gasteiger partial charge is 0.325 e. The first-order chi connectivity index (χ1) is 9.35. The van der Waals surface area contributed by atoms with E-state index in [0.717, 1.165) is 12.7 Å². The topological polar surface area (TPSA) is 116 Å². The number of carbonyl (C=O) groups excluding carboxylic acids is 1. The normalized spacial score (nSPS) is 20.6. The van der Waals surface area contributed by atoms with Gasteiger partial charge in [-0.3, -0.25) is 4.79 Å². The van der Waals surface area contributed by atoms with Crippen molar-refractivity contribution in [1.82, 2.24) is 9.62 Å². The van der Waals surface area contributed by atoms with Crippen molar-refractivity contribution in [2.75, 3.05) is 19.3 Å². The Hall–Kier alpha value is -1.17. The van der Waals surface area contributed by atoms with Gasteiger partial charge in [0.1, 0.15) is 6.04 Å². The van der Waals surface area contributed by atoms with Gasteiger partial charge in [-0.1, -0.05) is 6.42 Å². The molecule has 2 atom stereocenters. The number of nitrogens with two attached hydrogens (primary N) is 1. The Balaban J connectivity index is 2.27. The zero-order valence-electron chi connectivity index (χ0n) is 11.7. The van der Waals surface area contributed by atoms with Crippen LogP contribution in [0.15, 0.2) is 0 Å². The first kappa shape index (κ1) is 16.9. The fourth-order valence-electron chi connectivity index (χ4n) is 2.25. The molecule has 0 aromatic carbocycles. The molecule has 114 valence electrons. The molecule has 0 radical (unpaired) electrons. The Morgan fingerprint density at radius 2 is 2.25 bits per heavy atom. The molecule has 1 fully saturated rings. The molecule has 1 aliphatic heterocycles. The molecule has 1 saturated heterocycles. The van der Waals surface area contributed by atoms with Crippen LogP contribution in [-0.4, -0.2) is 50.7 Å². The van der Waals surface area contributed by atoms with Crippen molar-refractivity contribution < 1.29 is 13.2 Å². The summed E-state index contributed by atoms with van der Waals surface area (Å²) in [4.78, 5) is 13.6. The number of carbonyl (C=O) groups is 1. The molecule has 2 unspecified atom stereocenters. The fourth-order valence-corrected chi connectivity index (χ4v) is 2.76. The van der Waals surface area contributed by atoms with Gasteiger partial charge in [0, 0.05) is 13.1 Å². The summed E-state index contributed by atoms with van der Waals surface area (Å²) < 4.78 is 24.1. The Morgan fingerprint density at radius 3 is 2.85 bits per heavy atom. The smallest absolute Gasteiger partial charge is 0.240 e. The van der Waals surface area contributed by atoms with Gasteiger partial charge >= 0.3 is 0 Å². The predicted molar refractivity (Wildman–Crippen MR) is 75.0 cm³/mol. The van der Waals surface area contributed by atoms with Crippen molar-refractivity contribution in [2.45, 2.75) is 44.2 Å². The molecule has 20 heavy (non-hydrogen) atoms. The van der Waals surface area contributed by atoms with Gasteiger partial charge in [0.2, 0.25) is 15.9 Å². The SMILES string of the molecule is CS(=O)(=O)NCCCCC(N)C(=O)N1CCCC1C#N. The fraction of sp³-hybridized carbons (Fsp3) is 0.833. The molecule has 0 aromatic heterocycles. The third-order valence-corrected chi connectivity index (χ3v) is 4.04. The lowest BCUT2D eigenvalue weighted by Crippen LogP contribution is -2.45. The van der Waals surface area contributed by atoms with Crippen molar-refractivity contribution in [3.8, 4) is 6.07 Å². The second-order valence-corrected chi connectivity index (χ2v) is 6.92. The maximum absolute atomic E-state index is 12.1. The molecular formula is C12H22N4O3S. The van der Waals surface area contributed by atoms with Crippen molar-refractivity contribution in [3.05, 3.63) is 0 Å². The van der Waals surface area contributed by atoms with Crippen LogP contribution in [0.2, 0.25) is 0 Å². The van der Waals surface area contributed by atoms with E-state index in [0.29, 0.717) is 38.8 Å². The van der Waals surface area contributed by atoms with Gasteiger partial charge in [-0.25, -0.2) is 13.1 Å². The molecule has 0 aromatic rings. The minimum Gasteiger partial charge on any atom is -0.325 e. The third kappa shape index (κ3) is 5.45. The zero-order chi connectivity index (χ0) is 15.2. The number of unbranched alkanes of at least 4 members (excludes halogenated alkanes) is 1. The highest BCUT2D eigenvalue weighted by Crippen LogP contribution is 2.18. The summed E-state index contributed by atoms with van der Waals surface area (Å²) in [5.41, 5.74) is 5.84. The number of hydrogen-bond donors (Lipinski definition) is 2. The van der Waals surface area contributed by atoms with Crippen LogP contribution in [0.4, 0.5) is 0 Å². The van der Waals surface area contributed by atoms with Gasteiger partial charge < -0.3 is 10.6 Å². The van der Waals surface area contributed by atoms with Crippen LogP contribution in [0.5, 0.6) is 0 Å².